The van der Waals surface area contributed by atoms with Gasteiger partial charge in [-0.25, -0.2) is 4.79 Å². The third-order valence-electron chi connectivity index (χ3n) is 3.32. The molecule has 23 heavy (non-hydrogen) atoms. The minimum absolute atomic E-state index is 0.240. The number of carbonyl (C=O) groups is 2. The Hall–Kier alpha value is -1.23. The number of hydrogen-bond donors (Lipinski definition) is 2. The topological polar surface area (TPSA) is 102 Å². The molecule has 0 bridgehead atoms. The Balaban J connectivity index is 2.08. The minimum atomic E-state index is -1.26. The molecular formula is C15H17IO7. The number of rotatable bonds is 4. The van der Waals surface area contributed by atoms with Crippen LogP contribution in [0.25, 0.3) is 0 Å². The number of benzene rings is 1. The van der Waals surface area contributed by atoms with Gasteiger partial charge in [0.1, 0.15) is 28.8 Å². The zero-order valence-corrected chi connectivity index (χ0v) is 14.5. The summed E-state index contributed by atoms with van der Waals surface area (Å²) in [6, 6.07) is 8.32. The molecule has 5 atom stereocenters. The van der Waals surface area contributed by atoms with Crippen molar-refractivity contribution in [2.24, 2.45) is 0 Å². The fourth-order valence-electron chi connectivity index (χ4n) is 2.13. The third-order valence-corrected chi connectivity index (χ3v) is 4.65. The van der Waals surface area contributed by atoms with Gasteiger partial charge >= 0.3 is 11.9 Å². The van der Waals surface area contributed by atoms with Gasteiger partial charge in [0.25, 0.3) is 0 Å². The fourth-order valence-corrected chi connectivity index (χ4v) is 2.88. The molecule has 0 spiro atoms. The Kier molecular flexibility index (Phi) is 6.33. The average Bonchev–Trinajstić information content (AvgIpc) is 2.54. The molecule has 2 rings (SSSR count). The van der Waals surface area contributed by atoms with Crippen LogP contribution in [0, 0.1) is 0 Å². The number of alkyl halides is 1. The van der Waals surface area contributed by atoms with E-state index >= 15 is 0 Å². The first-order chi connectivity index (χ1) is 10.9. The molecule has 1 aromatic rings. The van der Waals surface area contributed by atoms with E-state index in [4.69, 9.17) is 14.2 Å². The molecular weight excluding hydrogens is 419 g/mol. The summed E-state index contributed by atoms with van der Waals surface area (Å²) in [5.41, 5.74) is 0.334. The van der Waals surface area contributed by atoms with Gasteiger partial charge in [0.2, 0.25) is 0 Å². The molecule has 8 heteroatoms. The maximum Gasteiger partial charge on any atom is 0.338 e. The van der Waals surface area contributed by atoms with Crippen LogP contribution >= 0.6 is 22.6 Å². The van der Waals surface area contributed by atoms with Gasteiger partial charge in [0.05, 0.1) is 5.56 Å². The first kappa shape index (κ1) is 18.1. The van der Waals surface area contributed by atoms with E-state index in [1.54, 1.807) is 30.3 Å². The lowest BCUT2D eigenvalue weighted by molar-refractivity contribution is -0.234. The number of esters is 2. The smallest absolute Gasteiger partial charge is 0.338 e. The normalized spacial score (nSPS) is 30.5. The van der Waals surface area contributed by atoms with Crippen molar-refractivity contribution >= 4 is 34.5 Å². The van der Waals surface area contributed by atoms with Crippen molar-refractivity contribution in [2.45, 2.75) is 35.5 Å². The highest BCUT2D eigenvalue weighted by atomic mass is 127. The number of aliphatic hydroxyl groups excluding tert-OH is 2. The van der Waals surface area contributed by atoms with Crippen molar-refractivity contribution in [1.82, 2.24) is 0 Å². The van der Waals surface area contributed by atoms with Crippen molar-refractivity contribution in [3.05, 3.63) is 35.9 Å². The van der Waals surface area contributed by atoms with Gasteiger partial charge in [-0.3, -0.25) is 4.79 Å². The average molecular weight is 436 g/mol. The van der Waals surface area contributed by atoms with Crippen LogP contribution in [0.15, 0.2) is 30.3 Å². The lowest BCUT2D eigenvalue weighted by Crippen LogP contribution is -2.58. The van der Waals surface area contributed by atoms with Crippen LogP contribution < -0.4 is 0 Å². The molecule has 0 amide bonds. The number of ether oxygens (including phenoxy) is 3. The zero-order valence-electron chi connectivity index (χ0n) is 12.3. The van der Waals surface area contributed by atoms with Crippen LogP contribution in [-0.2, 0) is 19.0 Å². The molecule has 1 aromatic carbocycles. The number of carbonyl (C=O) groups excluding carboxylic acids is 2. The first-order valence-corrected chi connectivity index (χ1v) is 8.19. The predicted octanol–water partition coefficient (Wildman–Crippen LogP) is 0.657. The minimum Gasteiger partial charge on any atom is -0.463 e. The van der Waals surface area contributed by atoms with E-state index in [9.17, 15) is 19.8 Å². The Morgan fingerprint density at radius 2 is 1.91 bits per heavy atom. The fraction of sp³-hybridized carbons (Fsp3) is 0.467. The summed E-state index contributed by atoms with van der Waals surface area (Å²) in [5, 5.41) is 20.2. The van der Waals surface area contributed by atoms with Crippen LogP contribution in [0.4, 0.5) is 0 Å². The van der Waals surface area contributed by atoms with E-state index in [0.29, 0.717) is 5.56 Å². The molecule has 0 aromatic heterocycles. The molecule has 0 aliphatic carbocycles. The molecule has 1 saturated heterocycles. The maximum atomic E-state index is 12.1. The first-order valence-electron chi connectivity index (χ1n) is 6.95. The third kappa shape index (κ3) is 4.63. The number of hydrogen-bond acceptors (Lipinski definition) is 7. The van der Waals surface area contributed by atoms with Gasteiger partial charge in [0.15, 0.2) is 6.29 Å². The summed E-state index contributed by atoms with van der Waals surface area (Å²) in [4.78, 5) is 23.0. The summed E-state index contributed by atoms with van der Waals surface area (Å²) in [7, 11) is 0. The van der Waals surface area contributed by atoms with Crippen molar-refractivity contribution in [3.63, 3.8) is 0 Å². The predicted molar refractivity (Wildman–Crippen MR) is 87.0 cm³/mol. The van der Waals surface area contributed by atoms with Gasteiger partial charge in [-0.1, -0.05) is 40.8 Å². The zero-order chi connectivity index (χ0) is 17.0. The molecule has 7 nitrogen and oxygen atoms in total. The molecule has 0 saturated carbocycles. The van der Waals surface area contributed by atoms with Crippen molar-refractivity contribution in [1.29, 1.82) is 0 Å². The largest absolute Gasteiger partial charge is 0.463 e. The SMILES string of the molecule is CC(=O)OC[C@H]1OC(O)[C@H](I)[C@@H](OC(=O)c2ccccc2)[C@@H]1O. The van der Waals surface area contributed by atoms with E-state index in [1.807, 2.05) is 22.6 Å². The summed E-state index contributed by atoms with van der Waals surface area (Å²) < 4.78 is 14.7. The monoisotopic (exact) mass is 436 g/mol. The highest BCUT2D eigenvalue weighted by molar-refractivity contribution is 14.1. The van der Waals surface area contributed by atoms with Crippen LogP contribution in [0.5, 0.6) is 0 Å². The molecule has 1 heterocycles. The molecule has 2 N–H and O–H groups in total. The Labute approximate surface area is 146 Å². The summed E-state index contributed by atoms with van der Waals surface area (Å²) in [5.74, 6) is -1.15. The highest BCUT2D eigenvalue weighted by Gasteiger charge is 2.46. The van der Waals surface area contributed by atoms with Crippen LogP contribution in [-0.4, -0.2) is 57.3 Å². The van der Waals surface area contributed by atoms with Crippen LogP contribution in [0.1, 0.15) is 17.3 Å². The Morgan fingerprint density at radius 1 is 1.26 bits per heavy atom. The second-order valence-corrected chi connectivity index (χ2v) is 6.48. The molecule has 1 fully saturated rings. The Bertz CT molecular complexity index is 550. The summed E-state index contributed by atoms with van der Waals surface area (Å²) >= 11 is 1.84. The van der Waals surface area contributed by atoms with Crippen LogP contribution in [0.2, 0.25) is 0 Å². The van der Waals surface area contributed by atoms with Gasteiger partial charge < -0.3 is 24.4 Å². The maximum absolute atomic E-state index is 12.1. The summed E-state index contributed by atoms with van der Waals surface area (Å²) in [6.07, 6.45) is -4.46. The highest BCUT2D eigenvalue weighted by Crippen LogP contribution is 2.29. The van der Waals surface area contributed by atoms with Crippen molar-refractivity contribution < 1.29 is 34.0 Å². The van der Waals surface area contributed by atoms with E-state index in [0.717, 1.165) is 0 Å². The molecule has 1 unspecified atom stereocenters. The Morgan fingerprint density at radius 3 is 2.52 bits per heavy atom. The van der Waals surface area contributed by atoms with E-state index in [-0.39, 0.29) is 6.61 Å². The van der Waals surface area contributed by atoms with E-state index < -0.39 is 40.5 Å². The van der Waals surface area contributed by atoms with Gasteiger partial charge in [-0.05, 0) is 12.1 Å². The quantitative estimate of drug-likeness (QED) is 0.406. The second-order valence-electron chi connectivity index (χ2n) is 5.04. The van der Waals surface area contributed by atoms with Crippen molar-refractivity contribution in [3.8, 4) is 0 Å². The van der Waals surface area contributed by atoms with Crippen LogP contribution in [0.3, 0.4) is 0 Å². The lowest BCUT2D eigenvalue weighted by atomic mass is 10.0. The van der Waals surface area contributed by atoms with E-state index in [2.05, 4.69) is 0 Å². The van der Waals surface area contributed by atoms with Gasteiger partial charge in [-0.15, -0.1) is 0 Å². The molecule has 1 aliphatic rings. The van der Waals surface area contributed by atoms with Crippen molar-refractivity contribution in [2.75, 3.05) is 6.61 Å². The van der Waals surface area contributed by atoms with E-state index in [1.165, 1.54) is 6.92 Å². The second kappa shape index (κ2) is 8.04. The lowest BCUT2D eigenvalue weighted by Gasteiger charge is -2.39. The molecule has 126 valence electrons. The molecule has 1 aliphatic heterocycles. The number of aliphatic hydroxyl groups is 2. The standard InChI is InChI=1S/C15H17IO7/c1-8(17)21-7-10-12(18)13(11(16)15(20)22-10)23-14(19)9-5-3-2-4-6-9/h2-6,10-13,15,18,20H,7H2,1H3/t10-,11-,12-,13-,15?/m1/s1. The number of halogens is 1. The van der Waals surface area contributed by atoms with Gasteiger partial charge in [0, 0.05) is 6.92 Å². The van der Waals surface area contributed by atoms with Gasteiger partial charge in [-0.2, -0.15) is 0 Å². The summed E-state index contributed by atoms with van der Waals surface area (Å²) in [6.45, 7) is 0.982. The molecule has 0 radical (unpaired) electrons.